The molecule has 0 N–H and O–H groups in total. The fraction of sp³-hybridized carbons (Fsp3) is 0.797. The van der Waals surface area contributed by atoms with Gasteiger partial charge in [0.2, 0.25) is 0 Å². The van der Waals surface area contributed by atoms with Crippen LogP contribution in [0, 0.1) is 5.92 Å². The first-order valence-corrected chi connectivity index (χ1v) is 27.5. The van der Waals surface area contributed by atoms with Gasteiger partial charge in [-0.1, -0.05) is 275 Å². The molecule has 0 aromatic heterocycles. The first-order valence-electron chi connectivity index (χ1n) is 27.5. The standard InChI is InChI=1S/C59H106N2O/c1-9-11-13-15-17-19-21-23-25-27-29-31-33-35-37-42-50-60(51-43-38-36-34-32-30-28-26-24-22-20-18-16-14-12-10-2)52-55-46-48-56(49-47-55)54(5)62-61(59(6,7)8)58(53(3)4)57-44-40-39-41-45-57/h39-41,44-49,53-54,58H,9-38,42-43,50-52H2,1-8H3. The predicted octanol–water partition coefficient (Wildman–Crippen LogP) is 19.5. The summed E-state index contributed by atoms with van der Waals surface area (Å²) in [4.78, 5) is 9.68. The lowest BCUT2D eigenvalue weighted by atomic mass is 9.92. The monoisotopic (exact) mass is 859 g/mol. The first kappa shape index (κ1) is 56.4. The molecule has 0 radical (unpaired) electrons. The molecule has 0 amide bonds. The Morgan fingerprint density at radius 2 is 0.758 bits per heavy atom. The zero-order valence-electron chi connectivity index (χ0n) is 43.0. The summed E-state index contributed by atoms with van der Waals surface area (Å²) in [6, 6.07) is 20.5. The van der Waals surface area contributed by atoms with Gasteiger partial charge in [0.1, 0.15) is 6.10 Å². The Bertz CT molecular complexity index is 1200. The smallest absolute Gasteiger partial charge is 0.102 e. The maximum atomic E-state index is 6.90. The van der Waals surface area contributed by atoms with E-state index in [4.69, 9.17) is 4.84 Å². The van der Waals surface area contributed by atoms with E-state index in [1.54, 1.807) is 0 Å². The van der Waals surface area contributed by atoms with Gasteiger partial charge in [-0.25, -0.2) is 0 Å². The Labute approximate surface area is 388 Å². The molecule has 2 unspecified atom stereocenters. The Hall–Kier alpha value is -1.68. The maximum absolute atomic E-state index is 6.90. The average Bonchev–Trinajstić information content (AvgIpc) is 3.25. The molecule has 0 spiro atoms. The van der Waals surface area contributed by atoms with Crippen LogP contribution in [0.5, 0.6) is 0 Å². The van der Waals surface area contributed by atoms with Crippen LogP contribution < -0.4 is 0 Å². The maximum Gasteiger partial charge on any atom is 0.102 e. The molecule has 0 aliphatic rings. The van der Waals surface area contributed by atoms with Crippen LogP contribution in [0.1, 0.15) is 290 Å². The molecule has 3 heteroatoms. The summed E-state index contributed by atoms with van der Waals surface area (Å²) in [7, 11) is 0. The zero-order chi connectivity index (χ0) is 44.9. The van der Waals surface area contributed by atoms with E-state index < -0.39 is 0 Å². The van der Waals surface area contributed by atoms with E-state index in [-0.39, 0.29) is 17.7 Å². The summed E-state index contributed by atoms with van der Waals surface area (Å²) in [5, 5.41) is 2.27. The first-order chi connectivity index (χ1) is 30.2. The Morgan fingerprint density at radius 3 is 1.08 bits per heavy atom. The fourth-order valence-electron chi connectivity index (χ4n) is 9.50. The zero-order valence-corrected chi connectivity index (χ0v) is 43.0. The van der Waals surface area contributed by atoms with Gasteiger partial charge in [0, 0.05) is 12.1 Å². The van der Waals surface area contributed by atoms with Gasteiger partial charge in [0.25, 0.3) is 0 Å². The molecular weight excluding hydrogens is 753 g/mol. The molecule has 0 aliphatic heterocycles. The lowest BCUT2D eigenvalue weighted by molar-refractivity contribution is -0.272. The third-order valence-corrected chi connectivity index (χ3v) is 13.5. The van der Waals surface area contributed by atoms with Crippen molar-refractivity contribution in [1.29, 1.82) is 0 Å². The normalized spacial score (nSPS) is 13.2. The molecule has 0 saturated heterocycles. The van der Waals surface area contributed by atoms with Crippen LogP contribution >= 0.6 is 0 Å². The van der Waals surface area contributed by atoms with Crippen LogP contribution in [-0.2, 0) is 11.4 Å². The largest absolute Gasteiger partial charge is 0.299 e. The van der Waals surface area contributed by atoms with E-state index in [9.17, 15) is 0 Å². The van der Waals surface area contributed by atoms with Gasteiger partial charge < -0.3 is 0 Å². The molecule has 2 rings (SSSR count). The molecular formula is C59H106N2O. The van der Waals surface area contributed by atoms with Gasteiger partial charge in [-0.15, -0.1) is 0 Å². The lowest BCUT2D eigenvalue weighted by Gasteiger charge is -2.44. The van der Waals surface area contributed by atoms with Crippen LogP contribution in [0.25, 0.3) is 0 Å². The van der Waals surface area contributed by atoms with Crippen LogP contribution in [0.4, 0.5) is 0 Å². The molecule has 0 saturated carbocycles. The molecule has 62 heavy (non-hydrogen) atoms. The number of nitrogens with zero attached hydrogens (tertiary/aromatic N) is 2. The fourth-order valence-corrected chi connectivity index (χ4v) is 9.50. The van der Waals surface area contributed by atoms with E-state index in [0.29, 0.717) is 5.92 Å². The van der Waals surface area contributed by atoms with Crippen LogP contribution in [0.15, 0.2) is 54.6 Å². The van der Waals surface area contributed by atoms with E-state index in [1.165, 1.54) is 235 Å². The summed E-state index contributed by atoms with van der Waals surface area (Å²) in [5.74, 6) is 0.418. The third-order valence-electron chi connectivity index (χ3n) is 13.5. The summed E-state index contributed by atoms with van der Waals surface area (Å²) in [6.07, 6.45) is 45.7. The Balaban J connectivity index is 1.80. The van der Waals surface area contributed by atoms with Crippen LogP contribution in [-0.4, -0.2) is 28.6 Å². The second kappa shape index (κ2) is 37.5. The van der Waals surface area contributed by atoms with Gasteiger partial charge in [-0.05, 0) is 76.2 Å². The Morgan fingerprint density at radius 1 is 0.419 bits per heavy atom. The van der Waals surface area contributed by atoms with Crippen LogP contribution in [0.3, 0.4) is 0 Å². The lowest BCUT2D eigenvalue weighted by Crippen LogP contribution is -2.46. The highest BCUT2D eigenvalue weighted by Crippen LogP contribution is 2.37. The minimum atomic E-state index is -0.140. The molecule has 2 aromatic rings. The minimum absolute atomic E-state index is 0.0282. The summed E-state index contributed by atoms with van der Waals surface area (Å²) in [6.45, 7) is 21.8. The van der Waals surface area contributed by atoms with Gasteiger partial charge >= 0.3 is 0 Å². The van der Waals surface area contributed by atoms with Crippen molar-refractivity contribution in [1.82, 2.24) is 9.96 Å². The van der Waals surface area contributed by atoms with Crippen molar-refractivity contribution in [3.05, 3.63) is 71.3 Å². The molecule has 0 heterocycles. The second-order valence-electron chi connectivity index (χ2n) is 21.0. The molecule has 2 atom stereocenters. The molecule has 0 fully saturated rings. The predicted molar refractivity (Wildman–Crippen MR) is 276 cm³/mol. The molecule has 3 nitrogen and oxygen atoms in total. The van der Waals surface area contributed by atoms with E-state index in [1.807, 2.05) is 0 Å². The van der Waals surface area contributed by atoms with Crippen molar-refractivity contribution in [2.75, 3.05) is 13.1 Å². The third kappa shape index (κ3) is 28.3. The van der Waals surface area contributed by atoms with Crippen molar-refractivity contribution < 1.29 is 4.84 Å². The van der Waals surface area contributed by atoms with Gasteiger partial charge in [0.15, 0.2) is 0 Å². The highest BCUT2D eigenvalue weighted by molar-refractivity contribution is 5.24. The van der Waals surface area contributed by atoms with E-state index in [2.05, 4.69) is 120 Å². The second-order valence-corrected chi connectivity index (χ2v) is 21.0. The summed E-state index contributed by atoms with van der Waals surface area (Å²) < 4.78 is 0. The summed E-state index contributed by atoms with van der Waals surface area (Å²) in [5.41, 5.74) is 3.86. The average molecular weight is 860 g/mol. The highest BCUT2D eigenvalue weighted by atomic mass is 16.7. The topological polar surface area (TPSA) is 15.7 Å². The number of rotatable bonds is 42. The molecule has 0 bridgehead atoms. The summed E-state index contributed by atoms with van der Waals surface area (Å²) >= 11 is 0. The molecule has 358 valence electrons. The van der Waals surface area contributed by atoms with Crippen molar-refractivity contribution in [3.8, 4) is 0 Å². The number of hydrogen-bond donors (Lipinski definition) is 0. The van der Waals surface area contributed by atoms with Gasteiger partial charge in [0.05, 0.1) is 6.04 Å². The van der Waals surface area contributed by atoms with E-state index in [0.717, 1.165) is 6.54 Å². The highest BCUT2D eigenvalue weighted by Gasteiger charge is 2.34. The number of hydroxylamine groups is 2. The Kier molecular flexibility index (Phi) is 34.2. The van der Waals surface area contributed by atoms with Crippen molar-refractivity contribution in [2.24, 2.45) is 5.92 Å². The number of hydrogen-bond acceptors (Lipinski definition) is 3. The quantitative estimate of drug-likeness (QED) is 0.0489. The van der Waals surface area contributed by atoms with Crippen LogP contribution in [0.2, 0.25) is 0 Å². The van der Waals surface area contributed by atoms with Crippen molar-refractivity contribution in [3.63, 3.8) is 0 Å². The van der Waals surface area contributed by atoms with Gasteiger partial charge in [-0.2, -0.15) is 5.06 Å². The minimum Gasteiger partial charge on any atom is -0.299 e. The number of benzene rings is 2. The van der Waals surface area contributed by atoms with Gasteiger partial charge in [-0.3, -0.25) is 9.74 Å². The van der Waals surface area contributed by atoms with Crippen molar-refractivity contribution in [2.45, 2.75) is 285 Å². The molecule has 2 aromatic carbocycles. The number of unbranched alkanes of at least 4 members (excludes halogenated alkanes) is 30. The van der Waals surface area contributed by atoms with E-state index >= 15 is 0 Å². The SMILES string of the molecule is CCCCCCCCCCCCCCCCCCN(CCCCCCCCCCCCCCCCCC)Cc1ccc(C(C)ON(C(c2ccccc2)C(C)C)C(C)(C)C)cc1. The van der Waals surface area contributed by atoms with Crippen molar-refractivity contribution >= 4 is 0 Å². The molecule has 0 aliphatic carbocycles.